The molecule has 17 heavy (non-hydrogen) atoms. The molecule has 94 valence electrons. The Kier molecular flexibility index (Phi) is 4.48. The predicted octanol–water partition coefficient (Wildman–Crippen LogP) is 0.168. The molecule has 1 aromatic rings. The quantitative estimate of drug-likeness (QED) is 0.684. The average molecular weight is 239 g/mol. The topological polar surface area (TPSA) is 78.8 Å². The van der Waals surface area contributed by atoms with Gasteiger partial charge in [0.15, 0.2) is 0 Å². The monoisotopic (exact) mass is 239 g/mol. The summed E-state index contributed by atoms with van der Waals surface area (Å²) in [6, 6.07) is 6.76. The van der Waals surface area contributed by atoms with Gasteiger partial charge in [0, 0.05) is 0 Å². The van der Waals surface area contributed by atoms with Crippen LogP contribution in [-0.2, 0) is 0 Å². The molecule has 0 saturated heterocycles. The van der Waals surface area contributed by atoms with Crippen LogP contribution in [0.2, 0.25) is 0 Å². The maximum absolute atomic E-state index is 11.9. The minimum absolute atomic E-state index is 0.343. The fourth-order valence-corrected chi connectivity index (χ4v) is 1.30. The fraction of sp³-hybridized carbons (Fsp3) is 0.417. The van der Waals surface area contributed by atoms with E-state index in [4.69, 9.17) is 14.9 Å². The van der Waals surface area contributed by atoms with Gasteiger partial charge in [0.05, 0.1) is 31.4 Å². The number of nitrogens with one attached hydrogen (secondary N) is 1. The molecule has 0 atom stereocenters. The highest BCUT2D eigenvalue weighted by atomic mass is 16.5. The molecule has 0 radical (unpaired) electrons. The van der Waals surface area contributed by atoms with E-state index in [9.17, 15) is 4.79 Å². The lowest BCUT2D eigenvalue weighted by Crippen LogP contribution is -2.51. The summed E-state index contributed by atoms with van der Waals surface area (Å²) >= 11 is 0. The first kappa shape index (κ1) is 13.5. The smallest absolute Gasteiger partial charge is 0.255 e. The number of rotatable bonds is 5. The van der Waals surface area contributed by atoms with E-state index in [0.717, 1.165) is 0 Å². The molecule has 1 rings (SSSR count). The maximum atomic E-state index is 11.9. The third kappa shape index (κ3) is 3.18. The number of methoxy groups -OCH3 is 1. The van der Waals surface area contributed by atoms with Gasteiger partial charge in [-0.1, -0.05) is 12.1 Å². The van der Waals surface area contributed by atoms with Crippen molar-refractivity contribution < 1.29 is 19.7 Å². The van der Waals surface area contributed by atoms with E-state index in [-0.39, 0.29) is 13.2 Å². The zero-order valence-corrected chi connectivity index (χ0v) is 9.93. The van der Waals surface area contributed by atoms with Crippen molar-refractivity contribution in [2.45, 2.75) is 12.5 Å². The summed E-state index contributed by atoms with van der Waals surface area (Å²) in [6.45, 7) is 0.870. The fourth-order valence-electron chi connectivity index (χ4n) is 1.30. The summed E-state index contributed by atoms with van der Waals surface area (Å²) in [4.78, 5) is 11.9. The van der Waals surface area contributed by atoms with E-state index in [2.05, 4.69) is 5.32 Å². The van der Waals surface area contributed by atoms with Crippen LogP contribution in [0, 0.1) is 0 Å². The molecule has 0 aliphatic heterocycles. The number of benzene rings is 1. The first-order chi connectivity index (χ1) is 8.06. The van der Waals surface area contributed by atoms with Crippen LogP contribution in [0.3, 0.4) is 0 Å². The number of carbonyl (C=O) groups is 1. The van der Waals surface area contributed by atoms with Crippen molar-refractivity contribution in [2.24, 2.45) is 0 Å². The minimum atomic E-state index is -1.04. The number of para-hydroxylation sites is 1. The van der Waals surface area contributed by atoms with E-state index in [0.29, 0.717) is 11.3 Å². The van der Waals surface area contributed by atoms with Crippen molar-refractivity contribution in [3.63, 3.8) is 0 Å². The first-order valence-electron chi connectivity index (χ1n) is 5.23. The van der Waals surface area contributed by atoms with E-state index < -0.39 is 11.4 Å². The van der Waals surface area contributed by atoms with Gasteiger partial charge in [0.25, 0.3) is 5.91 Å². The Bertz CT molecular complexity index is 388. The number of hydrogen-bond acceptors (Lipinski definition) is 4. The summed E-state index contributed by atoms with van der Waals surface area (Å²) in [5.74, 6) is 0.0521. The second kappa shape index (κ2) is 5.65. The largest absolute Gasteiger partial charge is 0.496 e. The minimum Gasteiger partial charge on any atom is -0.496 e. The van der Waals surface area contributed by atoms with Gasteiger partial charge >= 0.3 is 0 Å². The molecule has 0 aliphatic rings. The molecule has 0 aliphatic carbocycles. The summed E-state index contributed by atoms with van der Waals surface area (Å²) in [5.41, 5.74) is -0.680. The van der Waals surface area contributed by atoms with Gasteiger partial charge in [-0.3, -0.25) is 4.79 Å². The lowest BCUT2D eigenvalue weighted by atomic mass is 10.0. The van der Waals surface area contributed by atoms with Gasteiger partial charge < -0.3 is 20.3 Å². The molecule has 3 N–H and O–H groups in total. The van der Waals surface area contributed by atoms with Crippen LogP contribution in [0.15, 0.2) is 24.3 Å². The summed E-state index contributed by atoms with van der Waals surface area (Å²) < 4.78 is 5.06. The van der Waals surface area contributed by atoms with Gasteiger partial charge in [-0.2, -0.15) is 0 Å². The highest BCUT2D eigenvalue weighted by Gasteiger charge is 2.26. The van der Waals surface area contributed by atoms with Crippen LogP contribution >= 0.6 is 0 Å². The normalized spacial score (nSPS) is 11.1. The molecule has 0 spiro atoms. The molecule has 0 fully saturated rings. The standard InChI is InChI=1S/C12H17NO4/c1-12(7-14,8-15)13-11(16)9-5-3-4-6-10(9)17-2/h3-6,14-15H,7-8H2,1-2H3,(H,13,16). The third-order valence-electron chi connectivity index (χ3n) is 2.46. The van der Waals surface area contributed by atoms with E-state index in [1.54, 1.807) is 31.2 Å². The molecule has 0 unspecified atom stereocenters. The molecule has 5 heteroatoms. The molecular formula is C12H17NO4. The van der Waals surface area contributed by atoms with E-state index in [1.165, 1.54) is 7.11 Å². The molecule has 0 saturated carbocycles. The van der Waals surface area contributed by atoms with Crippen LogP contribution in [0.4, 0.5) is 0 Å². The predicted molar refractivity (Wildman–Crippen MR) is 63.0 cm³/mol. The molecule has 5 nitrogen and oxygen atoms in total. The number of aliphatic hydroxyl groups is 2. The van der Waals surface area contributed by atoms with Gasteiger partial charge in [-0.05, 0) is 19.1 Å². The molecule has 0 heterocycles. The summed E-state index contributed by atoms with van der Waals surface area (Å²) in [6.07, 6.45) is 0. The van der Waals surface area contributed by atoms with Gasteiger partial charge in [-0.25, -0.2) is 0 Å². The lowest BCUT2D eigenvalue weighted by molar-refractivity contribution is 0.0721. The number of aliphatic hydroxyl groups excluding tert-OH is 2. The number of ether oxygens (including phenoxy) is 1. The molecule has 1 aromatic carbocycles. The number of carbonyl (C=O) groups excluding carboxylic acids is 1. The summed E-state index contributed by atoms with van der Waals surface area (Å²) in [7, 11) is 1.48. The Morgan fingerprint density at radius 2 is 1.94 bits per heavy atom. The maximum Gasteiger partial charge on any atom is 0.255 e. The molecule has 0 bridgehead atoms. The van der Waals surface area contributed by atoms with Crippen molar-refractivity contribution in [2.75, 3.05) is 20.3 Å². The SMILES string of the molecule is COc1ccccc1C(=O)NC(C)(CO)CO. The van der Waals surface area contributed by atoms with E-state index in [1.807, 2.05) is 0 Å². The van der Waals surface area contributed by atoms with Crippen molar-refractivity contribution >= 4 is 5.91 Å². The molecule has 0 aromatic heterocycles. The highest BCUT2D eigenvalue weighted by Crippen LogP contribution is 2.17. The van der Waals surface area contributed by atoms with Crippen molar-refractivity contribution in [1.29, 1.82) is 0 Å². The number of hydrogen-bond donors (Lipinski definition) is 3. The van der Waals surface area contributed by atoms with Gasteiger partial charge in [-0.15, -0.1) is 0 Å². The van der Waals surface area contributed by atoms with Crippen LogP contribution in [0.1, 0.15) is 17.3 Å². The summed E-state index contributed by atoms with van der Waals surface area (Å²) in [5, 5.41) is 20.8. The highest BCUT2D eigenvalue weighted by molar-refractivity contribution is 5.97. The zero-order valence-electron chi connectivity index (χ0n) is 9.93. The van der Waals surface area contributed by atoms with Crippen LogP contribution in [0.25, 0.3) is 0 Å². The second-order valence-electron chi connectivity index (χ2n) is 4.03. The van der Waals surface area contributed by atoms with E-state index >= 15 is 0 Å². The molecule has 1 amide bonds. The van der Waals surface area contributed by atoms with Crippen molar-refractivity contribution in [3.8, 4) is 5.75 Å². The van der Waals surface area contributed by atoms with Crippen molar-refractivity contribution in [3.05, 3.63) is 29.8 Å². The molecular weight excluding hydrogens is 222 g/mol. The van der Waals surface area contributed by atoms with Crippen LogP contribution in [-0.4, -0.2) is 42.0 Å². The van der Waals surface area contributed by atoms with Crippen LogP contribution < -0.4 is 10.1 Å². The number of amides is 1. The van der Waals surface area contributed by atoms with Gasteiger partial charge in [0.1, 0.15) is 5.75 Å². The third-order valence-corrected chi connectivity index (χ3v) is 2.46. The Morgan fingerprint density at radius 1 is 1.35 bits per heavy atom. The van der Waals surface area contributed by atoms with Crippen LogP contribution in [0.5, 0.6) is 5.75 Å². The van der Waals surface area contributed by atoms with Crippen molar-refractivity contribution in [1.82, 2.24) is 5.32 Å². The Balaban J connectivity index is 2.90. The zero-order chi connectivity index (χ0) is 12.9. The lowest BCUT2D eigenvalue weighted by Gasteiger charge is -2.26. The Morgan fingerprint density at radius 3 is 2.47 bits per heavy atom. The van der Waals surface area contributed by atoms with Gasteiger partial charge in [0.2, 0.25) is 0 Å². The Labute approximate surface area is 100 Å². The first-order valence-corrected chi connectivity index (χ1v) is 5.23. The second-order valence-corrected chi connectivity index (χ2v) is 4.03. The Hall–Kier alpha value is -1.59. The average Bonchev–Trinajstić information content (AvgIpc) is 2.38.